The number of rotatable bonds is 6. The van der Waals surface area contributed by atoms with Gasteiger partial charge in [-0.25, -0.2) is 0 Å². The van der Waals surface area contributed by atoms with Crippen LogP contribution in [0.15, 0.2) is 48.5 Å². The number of ether oxygens (including phenoxy) is 1. The van der Waals surface area contributed by atoms with E-state index in [1.807, 2.05) is 52.3 Å². The minimum atomic E-state index is -0.0957. The van der Waals surface area contributed by atoms with Gasteiger partial charge in [0.15, 0.2) is 0 Å². The summed E-state index contributed by atoms with van der Waals surface area (Å²) in [5.74, 6) is 0.551. The highest BCUT2D eigenvalue weighted by Gasteiger charge is 2.23. The van der Waals surface area contributed by atoms with Crippen LogP contribution in [0.5, 0.6) is 5.75 Å². The molecule has 8 heteroatoms. The average molecular weight is 419 g/mol. The van der Waals surface area contributed by atoms with Crippen molar-refractivity contribution >= 4 is 29.9 Å². The number of hydrogen-bond acceptors (Lipinski definition) is 5. The summed E-state index contributed by atoms with van der Waals surface area (Å²) < 4.78 is 5.25. The van der Waals surface area contributed by atoms with Crippen molar-refractivity contribution in [3.63, 3.8) is 0 Å². The molecule has 0 aromatic heterocycles. The van der Waals surface area contributed by atoms with Crippen molar-refractivity contribution < 1.29 is 14.3 Å². The maximum atomic E-state index is 12.6. The third kappa shape index (κ3) is 5.93. The molecule has 2 aromatic carbocycles. The van der Waals surface area contributed by atoms with Gasteiger partial charge in [-0.2, -0.15) is 0 Å². The maximum absolute atomic E-state index is 12.6. The van der Waals surface area contributed by atoms with Gasteiger partial charge in [0.05, 0.1) is 19.3 Å². The summed E-state index contributed by atoms with van der Waals surface area (Å²) in [6.07, 6.45) is 0. The summed E-state index contributed by atoms with van der Waals surface area (Å²) in [5.41, 5.74) is 7.92. The zero-order valence-electron chi connectivity index (χ0n) is 16.5. The monoisotopic (exact) mass is 418 g/mol. The highest BCUT2D eigenvalue weighted by Crippen LogP contribution is 2.22. The van der Waals surface area contributed by atoms with Crippen LogP contribution >= 0.6 is 12.4 Å². The van der Waals surface area contributed by atoms with Gasteiger partial charge in [-0.3, -0.25) is 14.5 Å². The molecule has 7 nitrogen and oxygen atoms in total. The Morgan fingerprint density at radius 1 is 1.03 bits per heavy atom. The van der Waals surface area contributed by atoms with Crippen LogP contribution in [0.4, 0.5) is 5.69 Å². The number of carbonyl (C=O) groups excluding carboxylic acids is 2. The topological polar surface area (TPSA) is 87.9 Å². The van der Waals surface area contributed by atoms with Crippen molar-refractivity contribution in [3.8, 4) is 5.75 Å². The maximum Gasteiger partial charge on any atom is 0.253 e. The molecular formula is C21H27ClN4O3. The number of nitrogens with one attached hydrogen (secondary N) is 1. The first kappa shape index (κ1) is 22.7. The van der Waals surface area contributed by atoms with Gasteiger partial charge in [0.2, 0.25) is 5.91 Å². The molecule has 0 radical (unpaired) electrons. The summed E-state index contributed by atoms with van der Waals surface area (Å²) in [5, 5.41) is 2.88. The zero-order chi connectivity index (χ0) is 19.9. The van der Waals surface area contributed by atoms with Gasteiger partial charge in [0, 0.05) is 38.3 Å². The van der Waals surface area contributed by atoms with E-state index in [0.29, 0.717) is 49.7 Å². The zero-order valence-corrected chi connectivity index (χ0v) is 17.3. The number of piperazine rings is 1. The van der Waals surface area contributed by atoms with Gasteiger partial charge in [-0.15, -0.1) is 12.4 Å². The van der Waals surface area contributed by atoms with Gasteiger partial charge in [0.25, 0.3) is 5.91 Å². The Labute approximate surface area is 177 Å². The fourth-order valence-electron chi connectivity index (χ4n) is 3.22. The Balaban J connectivity index is 0.00000300. The molecule has 1 aliphatic rings. The van der Waals surface area contributed by atoms with E-state index in [9.17, 15) is 9.59 Å². The van der Waals surface area contributed by atoms with Crippen molar-refractivity contribution in [2.75, 3.05) is 45.2 Å². The second-order valence-corrected chi connectivity index (χ2v) is 6.72. The third-order valence-electron chi connectivity index (χ3n) is 4.84. The van der Waals surface area contributed by atoms with E-state index < -0.39 is 0 Å². The summed E-state index contributed by atoms with van der Waals surface area (Å²) in [6.45, 7) is 3.26. The second-order valence-electron chi connectivity index (χ2n) is 6.72. The number of hydrogen-bond donors (Lipinski definition) is 2. The van der Waals surface area contributed by atoms with Crippen LogP contribution in [-0.4, -0.2) is 61.4 Å². The van der Waals surface area contributed by atoms with E-state index in [-0.39, 0.29) is 30.8 Å². The minimum Gasteiger partial charge on any atom is -0.495 e. The Morgan fingerprint density at radius 3 is 2.31 bits per heavy atom. The van der Waals surface area contributed by atoms with Crippen molar-refractivity contribution in [1.82, 2.24) is 9.80 Å². The van der Waals surface area contributed by atoms with Crippen LogP contribution in [-0.2, 0) is 11.3 Å². The van der Waals surface area contributed by atoms with Crippen molar-refractivity contribution in [2.24, 2.45) is 5.73 Å². The number of halogens is 1. The van der Waals surface area contributed by atoms with Crippen LogP contribution in [0.2, 0.25) is 0 Å². The molecule has 1 fully saturated rings. The Bertz CT molecular complexity index is 821. The highest BCUT2D eigenvalue weighted by atomic mass is 35.5. The van der Waals surface area contributed by atoms with Gasteiger partial charge >= 0.3 is 0 Å². The predicted octanol–water partition coefficient (Wildman–Crippen LogP) is 1.97. The Kier molecular flexibility index (Phi) is 8.45. The number of carbonyl (C=O) groups is 2. The number of amides is 2. The van der Waals surface area contributed by atoms with Crippen LogP contribution < -0.4 is 15.8 Å². The van der Waals surface area contributed by atoms with Gasteiger partial charge in [0.1, 0.15) is 5.75 Å². The first-order valence-electron chi connectivity index (χ1n) is 9.34. The lowest BCUT2D eigenvalue weighted by molar-refractivity contribution is -0.117. The SMILES string of the molecule is COc1ccccc1NC(=O)CN1CCN(C(=O)c2ccc(CN)cc2)CC1.Cl. The van der Waals surface area contributed by atoms with E-state index in [1.165, 1.54) is 0 Å². The van der Waals surface area contributed by atoms with Crippen molar-refractivity contribution in [3.05, 3.63) is 59.7 Å². The normalized spacial score (nSPS) is 14.1. The molecule has 3 N–H and O–H groups in total. The van der Waals surface area contributed by atoms with E-state index >= 15 is 0 Å². The fourth-order valence-corrected chi connectivity index (χ4v) is 3.22. The van der Waals surface area contributed by atoms with Crippen molar-refractivity contribution in [2.45, 2.75) is 6.54 Å². The standard InChI is InChI=1S/C21H26N4O3.ClH/c1-28-19-5-3-2-4-18(19)23-20(26)15-24-10-12-25(13-11-24)21(27)17-8-6-16(14-22)7-9-17;/h2-9H,10-15,22H2,1H3,(H,23,26);1H. The smallest absolute Gasteiger partial charge is 0.253 e. The molecule has 0 bridgehead atoms. The van der Waals surface area contributed by atoms with E-state index in [0.717, 1.165) is 5.56 Å². The molecule has 1 heterocycles. The summed E-state index contributed by atoms with van der Waals surface area (Å²) in [7, 11) is 1.57. The fraction of sp³-hybridized carbons (Fsp3) is 0.333. The molecule has 0 unspecified atom stereocenters. The number of nitrogens with zero attached hydrogens (tertiary/aromatic N) is 2. The third-order valence-corrected chi connectivity index (χ3v) is 4.84. The number of para-hydroxylation sites is 2. The minimum absolute atomic E-state index is 0. The summed E-state index contributed by atoms with van der Waals surface area (Å²) >= 11 is 0. The molecule has 1 saturated heterocycles. The molecular weight excluding hydrogens is 392 g/mol. The van der Waals surface area contributed by atoms with E-state index in [4.69, 9.17) is 10.5 Å². The largest absolute Gasteiger partial charge is 0.495 e. The first-order valence-corrected chi connectivity index (χ1v) is 9.34. The Morgan fingerprint density at radius 2 is 1.69 bits per heavy atom. The van der Waals surface area contributed by atoms with Crippen LogP contribution in [0.1, 0.15) is 15.9 Å². The lowest BCUT2D eigenvalue weighted by Crippen LogP contribution is -2.50. The molecule has 0 atom stereocenters. The number of benzene rings is 2. The second kappa shape index (κ2) is 10.8. The first-order chi connectivity index (χ1) is 13.6. The van der Waals surface area contributed by atoms with Crippen molar-refractivity contribution in [1.29, 1.82) is 0 Å². The quantitative estimate of drug-likeness (QED) is 0.748. The van der Waals surface area contributed by atoms with Gasteiger partial charge in [-0.05, 0) is 29.8 Å². The summed E-state index contributed by atoms with van der Waals surface area (Å²) in [6, 6.07) is 14.7. The molecule has 2 amide bonds. The van der Waals surface area contributed by atoms with Crippen LogP contribution in [0.25, 0.3) is 0 Å². The van der Waals surface area contributed by atoms with E-state index in [2.05, 4.69) is 5.32 Å². The summed E-state index contributed by atoms with van der Waals surface area (Å²) in [4.78, 5) is 28.8. The van der Waals surface area contributed by atoms with Gasteiger partial charge in [-0.1, -0.05) is 24.3 Å². The molecule has 0 aliphatic carbocycles. The van der Waals surface area contributed by atoms with Crippen LogP contribution in [0, 0.1) is 0 Å². The highest BCUT2D eigenvalue weighted by molar-refractivity contribution is 5.95. The van der Waals surface area contributed by atoms with Gasteiger partial charge < -0.3 is 20.7 Å². The molecule has 2 aromatic rings. The average Bonchev–Trinajstić information content (AvgIpc) is 2.74. The molecule has 0 saturated carbocycles. The molecule has 156 valence electrons. The van der Waals surface area contributed by atoms with E-state index in [1.54, 1.807) is 13.2 Å². The molecule has 29 heavy (non-hydrogen) atoms. The molecule has 1 aliphatic heterocycles. The van der Waals surface area contributed by atoms with Crippen LogP contribution in [0.3, 0.4) is 0 Å². The molecule has 0 spiro atoms. The number of methoxy groups -OCH3 is 1. The lowest BCUT2D eigenvalue weighted by Gasteiger charge is -2.34. The number of anilines is 1. The molecule has 3 rings (SSSR count). The predicted molar refractivity (Wildman–Crippen MR) is 116 cm³/mol. The lowest BCUT2D eigenvalue weighted by atomic mass is 10.1. The Hall–Kier alpha value is -2.61. The number of nitrogens with two attached hydrogens (primary N) is 1.